The van der Waals surface area contributed by atoms with Crippen molar-refractivity contribution >= 4 is 63.8 Å². The third kappa shape index (κ3) is 20.6. The van der Waals surface area contributed by atoms with Crippen LogP contribution in [0.3, 0.4) is 0 Å². The number of nitrogens with zero attached hydrogens (tertiary/aromatic N) is 9. The minimum Gasteiger partial charge on any atom is -0.392 e. The summed E-state index contributed by atoms with van der Waals surface area (Å²) in [6.45, 7) is 14.4. The van der Waals surface area contributed by atoms with Crippen molar-refractivity contribution in [2.45, 2.75) is 67.9 Å². The third-order valence-corrected chi connectivity index (χ3v) is 16.4. The summed E-state index contributed by atoms with van der Waals surface area (Å²) in [5.41, 5.74) is 20.6. The van der Waals surface area contributed by atoms with Crippen LogP contribution in [0.2, 0.25) is 0 Å². The molecule has 21 heteroatoms. The van der Waals surface area contributed by atoms with E-state index < -0.39 is 5.91 Å². The van der Waals surface area contributed by atoms with Crippen molar-refractivity contribution < 1.29 is 46.7 Å². The zero-order valence-corrected chi connectivity index (χ0v) is 58.0. The highest BCUT2D eigenvalue weighted by molar-refractivity contribution is 6.06. The molecule has 0 radical (unpaired) electrons. The van der Waals surface area contributed by atoms with E-state index in [-0.39, 0.29) is 73.5 Å². The fourth-order valence-electron chi connectivity index (χ4n) is 10.8. The SMILES string of the molecule is C.C=C(C)c1ccc(-c2cnc(C)c(C(=O)Nc3ccccc3)n2)cc1.Cc1ncc(-c2cccc(C(=O)N3CCCCC3)c2)nc1C(=O)Nc1ccccc1.Cc1ncc(-c2cccc(C(N)=O)c2)nc1C(=O)Nc1ccccc1.Cc1ncc(-c2ccccc2CO)nc1C(=O)Nc1ccccc1.[HH].[HH].[HH].[HH].[HH].[HH].[HH].[HH].[HH]. The van der Waals surface area contributed by atoms with Gasteiger partial charge < -0.3 is 37.0 Å². The van der Waals surface area contributed by atoms with Gasteiger partial charge in [0.2, 0.25) is 5.91 Å². The first kappa shape index (κ1) is 75.8. The number of aliphatic hydroxyl groups excluding tert-OH is 1. The minimum atomic E-state index is -0.524. The largest absolute Gasteiger partial charge is 0.392 e. The molecule has 4 aromatic heterocycles. The van der Waals surface area contributed by atoms with Crippen molar-refractivity contribution in [3.8, 4) is 45.0 Å². The van der Waals surface area contributed by atoms with Crippen LogP contribution in [0.1, 0.15) is 143 Å². The maximum Gasteiger partial charge on any atom is 0.276 e. The average molecular weight is 1420 g/mol. The molecule has 546 valence electrons. The van der Waals surface area contributed by atoms with Gasteiger partial charge in [-0.1, -0.05) is 165 Å². The summed E-state index contributed by atoms with van der Waals surface area (Å²) < 4.78 is 0. The maximum absolute atomic E-state index is 12.8. The Labute approximate surface area is 623 Å². The lowest BCUT2D eigenvalue weighted by molar-refractivity contribution is 0.0723. The predicted molar refractivity (Wildman–Crippen MR) is 431 cm³/mol. The average Bonchev–Trinajstić information content (AvgIpc) is 0.833. The summed E-state index contributed by atoms with van der Waals surface area (Å²) in [4.78, 5) is 112. The summed E-state index contributed by atoms with van der Waals surface area (Å²) in [7, 11) is 0. The number of nitrogens with one attached hydrogen (secondary N) is 4. The van der Waals surface area contributed by atoms with Crippen LogP contribution in [0.15, 0.2) is 250 Å². The number of piperidine rings is 1. The standard InChI is InChI=1S/C24H24N4O2.C21H19N3O.C19H16N4O2.C19H17N3O2.CH4.9H2/c1-17-22(23(29)26-20-11-4-2-5-12-20)27-21(16-25-17)18-9-8-10-19(15-18)24(30)28-13-6-3-7-14-28;1-14(2)16-9-11-17(12-10-16)19-13-22-15(3)20(24-19)21(25)23-18-7-5-4-6-8-18;1-12-17(19(25)22-15-8-3-2-4-9-15)23-16(11-21-12)13-6-5-7-14(10-13)18(20)24;1-13-18(19(24)21-15-8-3-2-4-9-15)22-17(11-20-13)16-10-6-5-7-14(16)12-23;;;;;;;;;;/h2,4-5,8-12,15-16H,3,6-7,13-14H2,1H3,(H,26,29);4-13H,1H2,2-3H3,(H,23,25);2-11H,1H3,(H2,20,24)(H,22,25);2-11,23H,12H2,1H3,(H,21,24);1H4;9*1H. The minimum absolute atomic E-state index is 0. The normalized spacial score (nSPS) is 11.2. The molecule has 1 aliphatic rings. The van der Waals surface area contributed by atoms with E-state index in [0.717, 1.165) is 65.0 Å². The quantitative estimate of drug-likeness (QED) is 0.0524. The number of amides is 6. The second-order valence-electron chi connectivity index (χ2n) is 24.1. The molecule has 0 bridgehead atoms. The van der Waals surface area contributed by atoms with Gasteiger partial charge in [-0.2, -0.15) is 0 Å². The van der Waals surface area contributed by atoms with Crippen molar-refractivity contribution in [3.05, 3.63) is 318 Å². The van der Waals surface area contributed by atoms with Crippen molar-refractivity contribution in [2.75, 3.05) is 34.4 Å². The van der Waals surface area contributed by atoms with Crippen molar-refractivity contribution in [3.63, 3.8) is 0 Å². The molecule has 0 saturated carbocycles. The fraction of sp³-hybridized carbons (Fsp3) is 0.143. The molecule has 0 spiro atoms. The number of carbonyl (C=O) groups is 6. The van der Waals surface area contributed by atoms with Crippen molar-refractivity contribution in [1.29, 1.82) is 0 Å². The number of primary amides is 1. The van der Waals surface area contributed by atoms with E-state index in [4.69, 9.17) is 5.73 Å². The number of allylic oxidation sites excluding steroid dienone is 1. The predicted octanol–water partition coefficient (Wildman–Crippen LogP) is 17.9. The number of nitrogens with two attached hydrogens (primary N) is 1. The molecule has 7 N–H and O–H groups in total. The fourth-order valence-corrected chi connectivity index (χ4v) is 10.8. The van der Waals surface area contributed by atoms with Crippen LogP contribution in [-0.2, 0) is 6.61 Å². The van der Waals surface area contributed by atoms with E-state index in [1.165, 1.54) is 6.42 Å². The molecular weight excluding hydrogens is 1320 g/mol. The lowest BCUT2D eigenvalue weighted by Gasteiger charge is -2.26. The third-order valence-electron chi connectivity index (χ3n) is 16.4. The van der Waals surface area contributed by atoms with E-state index in [0.29, 0.717) is 85.0 Å². The first-order chi connectivity index (χ1) is 50.4. The summed E-state index contributed by atoms with van der Waals surface area (Å²) in [6.07, 6.45) is 9.78. The lowest BCUT2D eigenvalue weighted by Crippen LogP contribution is -2.35. The molecule has 12 aromatic rings. The number of para-hydroxylation sites is 4. The molecule has 1 aliphatic heterocycles. The Balaban J connectivity index is 0.00000146. The molecule has 0 atom stereocenters. The second-order valence-corrected chi connectivity index (χ2v) is 24.1. The highest BCUT2D eigenvalue weighted by Crippen LogP contribution is 2.27. The van der Waals surface area contributed by atoms with Gasteiger partial charge in [-0.3, -0.25) is 48.7 Å². The molecule has 105 heavy (non-hydrogen) atoms. The molecule has 1 saturated heterocycles. The first-order valence-corrected chi connectivity index (χ1v) is 33.4. The monoisotopic (exact) mass is 1410 g/mol. The summed E-state index contributed by atoms with van der Waals surface area (Å²) in [5.74, 6) is -1.72. The molecular formula is C84H98N14O7. The van der Waals surface area contributed by atoms with Crippen LogP contribution < -0.4 is 27.0 Å². The van der Waals surface area contributed by atoms with Gasteiger partial charge in [0, 0.05) is 82.1 Å². The highest BCUT2D eigenvalue weighted by Gasteiger charge is 2.22. The number of hydrogen-bond acceptors (Lipinski definition) is 15. The Morgan fingerprint density at radius 2 is 0.762 bits per heavy atom. The van der Waals surface area contributed by atoms with Gasteiger partial charge in [-0.05, 0) is 138 Å². The number of anilines is 4. The second kappa shape index (κ2) is 36.8. The van der Waals surface area contributed by atoms with E-state index in [9.17, 15) is 33.9 Å². The number of hydrogen-bond donors (Lipinski definition) is 6. The molecule has 21 nitrogen and oxygen atoms in total. The van der Waals surface area contributed by atoms with E-state index >= 15 is 0 Å². The van der Waals surface area contributed by atoms with Gasteiger partial charge in [0.25, 0.3) is 29.5 Å². The Hall–Kier alpha value is -13.4. The molecule has 0 aliphatic carbocycles. The van der Waals surface area contributed by atoms with E-state index in [1.807, 2.05) is 194 Å². The molecule has 1 fully saturated rings. The highest BCUT2D eigenvalue weighted by atomic mass is 16.3. The van der Waals surface area contributed by atoms with Crippen LogP contribution in [0.4, 0.5) is 22.7 Å². The Morgan fingerprint density at radius 3 is 1.14 bits per heavy atom. The van der Waals surface area contributed by atoms with E-state index in [2.05, 4.69) is 67.7 Å². The van der Waals surface area contributed by atoms with Crippen molar-refractivity contribution in [1.82, 2.24) is 44.8 Å². The number of carbonyl (C=O) groups excluding carboxylic acids is 6. The number of benzene rings is 8. The summed E-state index contributed by atoms with van der Waals surface area (Å²) >= 11 is 0. The van der Waals surface area contributed by atoms with Crippen LogP contribution in [0.25, 0.3) is 50.6 Å². The van der Waals surface area contributed by atoms with Gasteiger partial charge in [0.1, 0.15) is 22.8 Å². The maximum atomic E-state index is 12.8. The molecule has 6 amide bonds. The summed E-state index contributed by atoms with van der Waals surface area (Å²) in [6, 6.07) is 66.3. The molecule has 0 unspecified atom stereocenters. The molecule has 13 rings (SSSR count). The van der Waals surface area contributed by atoms with Crippen LogP contribution in [0, 0.1) is 27.7 Å². The number of aliphatic hydroxyl groups is 1. The van der Waals surface area contributed by atoms with Crippen LogP contribution in [0.5, 0.6) is 0 Å². The van der Waals surface area contributed by atoms with Gasteiger partial charge in [-0.15, -0.1) is 0 Å². The van der Waals surface area contributed by atoms with Gasteiger partial charge in [-0.25, -0.2) is 19.9 Å². The van der Waals surface area contributed by atoms with Crippen LogP contribution in [-0.4, -0.2) is 98.4 Å². The lowest BCUT2D eigenvalue weighted by atomic mass is 10.1. The number of aromatic nitrogens is 8. The molecule has 8 aromatic carbocycles. The van der Waals surface area contributed by atoms with Gasteiger partial charge in [0.15, 0.2) is 0 Å². The zero-order valence-electron chi connectivity index (χ0n) is 58.0. The van der Waals surface area contributed by atoms with Gasteiger partial charge in [0.05, 0.1) is 76.9 Å². The smallest absolute Gasteiger partial charge is 0.276 e. The number of aryl methyl sites for hydroxylation is 4. The van der Waals surface area contributed by atoms with Crippen LogP contribution >= 0.6 is 0 Å². The topological polar surface area (TPSA) is 303 Å². The van der Waals surface area contributed by atoms with E-state index in [1.54, 1.807) is 88.9 Å². The zero-order chi connectivity index (χ0) is 73.5. The summed E-state index contributed by atoms with van der Waals surface area (Å²) in [5, 5.41) is 20.8. The first-order valence-electron chi connectivity index (χ1n) is 33.4. The number of rotatable bonds is 16. The Morgan fingerprint density at radius 1 is 0.419 bits per heavy atom. The van der Waals surface area contributed by atoms with Gasteiger partial charge >= 0.3 is 0 Å². The Kier molecular flexibility index (Phi) is 26.6. The van der Waals surface area contributed by atoms with Crippen molar-refractivity contribution in [2.24, 2.45) is 5.73 Å². The Bertz CT molecular complexity index is 5090. The molecule has 5 heterocycles. The number of likely N-dealkylation sites (tertiary alicyclic amines) is 1.